The number of hydrogen-bond donors (Lipinski definition) is 1. The third-order valence-corrected chi connectivity index (χ3v) is 3.05. The van der Waals surface area contributed by atoms with Crippen molar-refractivity contribution in [3.8, 4) is 11.3 Å². The highest BCUT2D eigenvalue weighted by Gasteiger charge is 2.25. The van der Waals surface area contributed by atoms with Crippen molar-refractivity contribution in [2.45, 2.75) is 26.2 Å². The first-order valence-electron chi connectivity index (χ1n) is 5.93. The fourth-order valence-electron chi connectivity index (χ4n) is 1.83. The van der Waals surface area contributed by atoms with Crippen LogP contribution in [0.4, 0.5) is 0 Å². The summed E-state index contributed by atoms with van der Waals surface area (Å²) in [5, 5.41) is 13.3. The van der Waals surface area contributed by atoms with Crippen LogP contribution in [0.3, 0.4) is 0 Å². The van der Waals surface area contributed by atoms with E-state index in [9.17, 15) is 9.90 Å². The van der Waals surface area contributed by atoms with Crippen LogP contribution in [-0.4, -0.2) is 16.2 Å². The first-order valence-corrected chi connectivity index (χ1v) is 5.93. The number of nitrogens with zero attached hydrogens (tertiary/aromatic N) is 1. The minimum absolute atomic E-state index is 0.0670. The van der Waals surface area contributed by atoms with Crippen LogP contribution < -0.4 is 0 Å². The van der Waals surface area contributed by atoms with Gasteiger partial charge in [-0.25, -0.2) is 4.79 Å². The average Bonchev–Trinajstić information content (AvgIpc) is 2.83. The van der Waals surface area contributed by atoms with Gasteiger partial charge in [0.25, 0.3) is 0 Å². The van der Waals surface area contributed by atoms with Gasteiger partial charge in [0.2, 0.25) is 0 Å². The summed E-state index contributed by atoms with van der Waals surface area (Å²) in [4.78, 5) is 11.4. The highest BCUT2D eigenvalue weighted by Crippen LogP contribution is 2.31. The Kier molecular flexibility index (Phi) is 3.46. The van der Waals surface area contributed by atoms with Gasteiger partial charge in [-0.2, -0.15) is 0 Å². The van der Waals surface area contributed by atoms with Crippen molar-refractivity contribution in [2.24, 2.45) is 0 Å². The van der Waals surface area contributed by atoms with E-state index in [1.807, 2.05) is 44.2 Å². The number of carbonyl (C=O) groups is 1. The number of carboxylic acids is 1. The summed E-state index contributed by atoms with van der Waals surface area (Å²) in [7, 11) is 0. The monoisotopic (exact) mass is 245 g/mol. The minimum Gasteiger partial charge on any atom is -0.477 e. The van der Waals surface area contributed by atoms with Gasteiger partial charge in [-0.3, -0.25) is 0 Å². The molecule has 0 aliphatic carbocycles. The van der Waals surface area contributed by atoms with E-state index in [2.05, 4.69) is 5.16 Å². The van der Waals surface area contributed by atoms with E-state index in [0.717, 1.165) is 12.0 Å². The highest BCUT2D eigenvalue weighted by molar-refractivity contribution is 5.95. The normalized spacial score (nSPS) is 12.3. The lowest BCUT2D eigenvalue weighted by Crippen LogP contribution is -2.04. The molecule has 1 heterocycles. The van der Waals surface area contributed by atoms with Crippen molar-refractivity contribution in [1.29, 1.82) is 0 Å². The lowest BCUT2D eigenvalue weighted by molar-refractivity contribution is 0.0695. The molecule has 1 unspecified atom stereocenters. The third-order valence-electron chi connectivity index (χ3n) is 3.05. The smallest absolute Gasteiger partial charge is 0.341 e. The van der Waals surface area contributed by atoms with Gasteiger partial charge in [-0.05, 0) is 6.42 Å². The Hall–Kier alpha value is -2.10. The Balaban J connectivity index is 2.56. The van der Waals surface area contributed by atoms with Gasteiger partial charge >= 0.3 is 5.97 Å². The second-order valence-corrected chi connectivity index (χ2v) is 4.25. The lowest BCUT2D eigenvalue weighted by atomic mass is 9.98. The van der Waals surface area contributed by atoms with Gasteiger partial charge in [-0.15, -0.1) is 0 Å². The van der Waals surface area contributed by atoms with Crippen LogP contribution in [0, 0.1) is 0 Å². The van der Waals surface area contributed by atoms with E-state index in [0.29, 0.717) is 11.5 Å². The quantitative estimate of drug-likeness (QED) is 0.894. The van der Waals surface area contributed by atoms with Crippen molar-refractivity contribution < 1.29 is 14.4 Å². The first-order chi connectivity index (χ1) is 8.65. The Bertz CT molecular complexity index is 545. The van der Waals surface area contributed by atoms with Crippen molar-refractivity contribution in [3.05, 3.63) is 41.6 Å². The molecule has 1 aromatic carbocycles. The second kappa shape index (κ2) is 5.04. The molecule has 0 saturated carbocycles. The summed E-state index contributed by atoms with van der Waals surface area (Å²) in [6.45, 7) is 3.94. The van der Waals surface area contributed by atoms with Crippen molar-refractivity contribution in [1.82, 2.24) is 5.16 Å². The second-order valence-electron chi connectivity index (χ2n) is 4.25. The van der Waals surface area contributed by atoms with Crippen molar-refractivity contribution in [2.75, 3.05) is 0 Å². The fraction of sp³-hybridized carbons (Fsp3) is 0.286. The zero-order valence-corrected chi connectivity index (χ0v) is 10.4. The maximum absolute atomic E-state index is 11.4. The molecular weight excluding hydrogens is 230 g/mol. The number of aromatic carboxylic acids is 1. The zero-order valence-electron chi connectivity index (χ0n) is 10.4. The van der Waals surface area contributed by atoms with E-state index in [1.54, 1.807) is 0 Å². The molecule has 2 rings (SSSR count). The Morgan fingerprint density at radius 3 is 2.61 bits per heavy atom. The van der Waals surface area contributed by atoms with Crippen molar-refractivity contribution in [3.63, 3.8) is 0 Å². The molecule has 4 nitrogen and oxygen atoms in total. The molecule has 1 atom stereocenters. The van der Waals surface area contributed by atoms with Crippen LogP contribution in [-0.2, 0) is 0 Å². The van der Waals surface area contributed by atoms with E-state index in [4.69, 9.17) is 4.52 Å². The molecule has 1 aromatic heterocycles. The summed E-state index contributed by atoms with van der Waals surface area (Å²) >= 11 is 0. The summed E-state index contributed by atoms with van der Waals surface area (Å²) in [5.41, 5.74) is 1.43. The predicted octanol–water partition coefficient (Wildman–Crippen LogP) is 3.55. The first kappa shape index (κ1) is 12.4. The van der Waals surface area contributed by atoms with Crippen LogP contribution in [0.25, 0.3) is 11.3 Å². The fourth-order valence-corrected chi connectivity index (χ4v) is 1.83. The number of carboxylic acid groups (broad SMARTS) is 1. The Morgan fingerprint density at radius 1 is 1.39 bits per heavy atom. The number of rotatable bonds is 4. The van der Waals surface area contributed by atoms with E-state index >= 15 is 0 Å². The molecule has 0 aliphatic rings. The van der Waals surface area contributed by atoms with Crippen LogP contribution >= 0.6 is 0 Å². The van der Waals surface area contributed by atoms with Gasteiger partial charge in [0.1, 0.15) is 11.3 Å². The van der Waals surface area contributed by atoms with Gasteiger partial charge in [0, 0.05) is 11.5 Å². The molecule has 0 aliphatic heterocycles. The molecule has 94 valence electrons. The standard InChI is InChI=1S/C14H15NO3/c1-3-9(2)12-11(14(16)17)13(18-15-12)10-7-5-4-6-8-10/h4-9H,3H2,1-2H3,(H,16,17). The summed E-state index contributed by atoms with van der Waals surface area (Å²) < 4.78 is 5.24. The molecule has 18 heavy (non-hydrogen) atoms. The van der Waals surface area contributed by atoms with Gasteiger partial charge in [0.05, 0.1) is 0 Å². The molecule has 0 spiro atoms. The molecule has 0 radical (unpaired) electrons. The number of aromatic nitrogens is 1. The van der Waals surface area contributed by atoms with Crippen LogP contribution in [0.1, 0.15) is 42.2 Å². The van der Waals surface area contributed by atoms with Crippen LogP contribution in [0.15, 0.2) is 34.9 Å². The van der Waals surface area contributed by atoms with E-state index in [1.165, 1.54) is 0 Å². The molecule has 0 amide bonds. The molecule has 0 bridgehead atoms. The molecule has 4 heteroatoms. The minimum atomic E-state index is -0.995. The summed E-state index contributed by atoms with van der Waals surface area (Å²) in [5.74, 6) is -0.596. The van der Waals surface area contributed by atoms with Gasteiger partial charge < -0.3 is 9.63 Å². The van der Waals surface area contributed by atoms with E-state index in [-0.39, 0.29) is 11.5 Å². The van der Waals surface area contributed by atoms with Gasteiger partial charge in [0.15, 0.2) is 5.76 Å². The largest absolute Gasteiger partial charge is 0.477 e. The Labute approximate surface area is 105 Å². The summed E-state index contributed by atoms with van der Waals surface area (Å²) in [6, 6.07) is 9.18. The van der Waals surface area contributed by atoms with Crippen LogP contribution in [0.2, 0.25) is 0 Å². The third kappa shape index (κ3) is 2.14. The molecule has 2 aromatic rings. The van der Waals surface area contributed by atoms with E-state index < -0.39 is 5.97 Å². The molecule has 0 saturated heterocycles. The number of benzene rings is 1. The van der Waals surface area contributed by atoms with Crippen molar-refractivity contribution >= 4 is 5.97 Å². The maximum atomic E-state index is 11.4. The maximum Gasteiger partial charge on any atom is 0.341 e. The zero-order chi connectivity index (χ0) is 13.1. The highest BCUT2D eigenvalue weighted by atomic mass is 16.5. The molecule has 0 fully saturated rings. The molecular formula is C14H15NO3. The Morgan fingerprint density at radius 2 is 2.06 bits per heavy atom. The number of hydrogen-bond acceptors (Lipinski definition) is 3. The SMILES string of the molecule is CCC(C)c1noc(-c2ccccc2)c1C(=O)O. The lowest BCUT2D eigenvalue weighted by Gasteiger charge is -2.04. The molecule has 1 N–H and O–H groups in total. The van der Waals surface area contributed by atoms with Crippen LogP contribution in [0.5, 0.6) is 0 Å². The topological polar surface area (TPSA) is 63.3 Å². The predicted molar refractivity (Wildman–Crippen MR) is 67.6 cm³/mol. The summed E-state index contributed by atoms with van der Waals surface area (Å²) in [6.07, 6.45) is 0.820. The average molecular weight is 245 g/mol. The van der Waals surface area contributed by atoms with Gasteiger partial charge in [-0.1, -0.05) is 49.3 Å².